The molecule has 3 aliphatic carbocycles. The van der Waals surface area contributed by atoms with Crippen LogP contribution >= 0.6 is 0 Å². The van der Waals surface area contributed by atoms with E-state index in [1.54, 1.807) is 0 Å². The SMILES string of the molecule is CC1CCC(c2cc(C3CCCCC3)cc(C3CCCCC3)c2S(=O)(=O)O)CC1. The molecule has 1 aromatic rings. The zero-order valence-corrected chi connectivity index (χ0v) is 18.9. The van der Waals surface area contributed by atoms with E-state index in [9.17, 15) is 13.0 Å². The highest BCUT2D eigenvalue weighted by Gasteiger charge is 2.33. The quantitative estimate of drug-likeness (QED) is 0.521. The van der Waals surface area contributed by atoms with Crippen LogP contribution in [0.5, 0.6) is 0 Å². The van der Waals surface area contributed by atoms with Crippen LogP contribution in [0.15, 0.2) is 17.0 Å². The summed E-state index contributed by atoms with van der Waals surface area (Å²) in [7, 11) is -4.22. The first-order valence-electron chi connectivity index (χ1n) is 12.1. The number of hydrogen-bond donors (Lipinski definition) is 1. The molecule has 1 aromatic carbocycles. The fourth-order valence-electron chi connectivity index (χ4n) is 6.26. The number of hydrogen-bond acceptors (Lipinski definition) is 2. The molecule has 0 radical (unpaired) electrons. The first kappa shape index (κ1) is 21.4. The lowest BCUT2D eigenvalue weighted by Crippen LogP contribution is -2.19. The van der Waals surface area contributed by atoms with Gasteiger partial charge in [0.15, 0.2) is 0 Å². The van der Waals surface area contributed by atoms with E-state index in [2.05, 4.69) is 19.1 Å². The topological polar surface area (TPSA) is 54.4 Å². The summed E-state index contributed by atoms with van der Waals surface area (Å²) in [4.78, 5) is 0.295. The van der Waals surface area contributed by atoms with E-state index < -0.39 is 10.1 Å². The molecule has 29 heavy (non-hydrogen) atoms. The Bertz CT molecular complexity index is 794. The molecule has 0 aromatic heterocycles. The van der Waals surface area contributed by atoms with Crippen molar-refractivity contribution >= 4 is 10.1 Å². The summed E-state index contributed by atoms with van der Waals surface area (Å²) >= 11 is 0. The summed E-state index contributed by atoms with van der Waals surface area (Å²) in [5.74, 6) is 1.84. The van der Waals surface area contributed by atoms with Crippen molar-refractivity contribution in [3.05, 3.63) is 28.8 Å². The van der Waals surface area contributed by atoms with E-state index in [1.165, 1.54) is 56.9 Å². The molecule has 0 amide bonds. The van der Waals surface area contributed by atoms with Gasteiger partial charge in [0.25, 0.3) is 10.1 Å². The smallest absolute Gasteiger partial charge is 0.282 e. The van der Waals surface area contributed by atoms with Crippen molar-refractivity contribution in [3.8, 4) is 0 Å². The molecule has 0 atom stereocenters. The van der Waals surface area contributed by atoms with Gasteiger partial charge in [0.1, 0.15) is 4.90 Å². The lowest BCUT2D eigenvalue weighted by Gasteiger charge is -2.32. The summed E-state index contributed by atoms with van der Waals surface area (Å²) in [6.45, 7) is 2.30. The van der Waals surface area contributed by atoms with E-state index in [-0.39, 0.29) is 11.8 Å². The van der Waals surface area contributed by atoms with Crippen molar-refractivity contribution in [3.63, 3.8) is 0 Å². The van der Waals surface area contributed by atoms with Crippen LogP contribution in [0, 0.1) is 5.92 Å². The Kier molecular flexibility index (Phi) is 6.70. The maximum Gasteiger partial charge on any atom is 0.295 e. The number of rotatable bonds is 4. The molecule has 0 bridgehead atoms. The van der Waals surface area contributed by atoms with Crippen LogP contribution in [-0.2, 0) is 10.1 Å². The Morgan fingerprint density at radius 1 is 0.690 bits per heavy atom. The van der Waals surface area contributed by atoms with Crippen molar-refractivity contribution < 1.29 is 13.0 Å². The summed E-state index contributed by atoms with van der Waals surface area (Å²) in [6, 6.07) is 4.40. The van der Waals surface area contributed by atoms with Crippen LogP contribution in [-0.4, -0.2) is 13.0 Å². The molecular formula is C25H38O3S. The van der Waals surface area contributed by atoms with Crippen molar-refractivity contribution in [2.24, 2.45) is 5.92 Å². The minimum Gasteiger partial charge on any atom is -0.282 e. The Morgan fingerprint density at radius 2 is 1.14 bits per heavy atom. The van der Waals surface area contributed by atoms with Crippen LogP contribution in [0.4, 0.5) is 0 Å². The normalized spacial score (nSPS) is 27.8. The van der Waals surface area contributed by atoms with Crippen LogP contribution in [0.3, 0.4) is 0 Å². The molecule has 0 aliphatic heterocycles. The van der Waals surface area contributed by atoms with E-state index in [0.717, 1.165) is 55.6 Å². The molecule has 0 heterocycles. The van der Waals surface area contributed by atoms with Crippen molar-refractivity contribution in [2.45, 2.75) is 119 Å². The van der Waals surface area contributed by atoms with Crippen molar-refractivity contribution in [1.29, 1.82) is 0 Å². The number of benzene rings is 1. The molecule has 162 valence electrons. The molecule has 1 N–H and O–H groups in total. The average Bonchev–Trinajstić information content (AvgIpc) is 2.74. The van der Waals surface area contributed by atoms with Gasteiger partial charge < -0.3 is 0 Å². The molecular weight excluding hydrogens is 380 g/mol. The predicted octanol–water partition coefficient (Wildman–Crippen LogP) is 7.32. The molecule has 3 fully saturated rings. The second kappa shape index (κ2) is 9.09. The third kappa shape index (κ3) is 4.90. The lowest BCUT2D eigenvalue weighted by atomic mass is 9.75. The summed E-state index contributed by atoms with van der Waals surface area (Å²) in [5, 5.41) is 0. The Hall–Kier alpha value is -0.870. The van der Waals surface area contributed by atoms with Gasteiger partial charge in [-0.3, -0.25) is 4.55 Å². The zero-order valence-electron chi connectivity index (χ0n) is 18.0. The molecule has 0 unspecified atom stereocenters. The third-order valence-corrected chi connectivity index (χ3v) is 8.99. The van der Waals surface area contributed by atoms with Crippen molar-refractivity contribution in [1.82, 2.24) is 0 Å². The molecule has 0 saturated heterocycles. The second-order valence-corrected chi connectivity index (χ2v) is 11.5. The highest BCUT2D eigenvalue weighted by Crippen LogP contribution is 2.46. The Morgan fingerprint density at radius 3 is 1.62 bits per heavy atom. The van der Waals surface area contributed by atoms with Crippen molar-refractivity contribution in [2.75, 3.05) is 0 Å². The van der Waals surface area contributed by atoms with Gasteiger partial charge in [-0.15, -0.1) is 0 Å². The first-order valence-corrected chi connectivity index (χ1v) is 13.5. The van der Waals surface area contributed by atoms with Crippen LogP contribution in [0.2, 0.25) is 0 Å². The second-order valence-electron chi connectivity index (χ2n) is 10.1. The molecule has 3 saturated carbocycles. The van der Waals surface area contributed by atoms with Crippen LogP contribution < -0.4 is 0 Å². The van der Waals surface area contributed by atoms with Gasteiger partial charge in [-0.25, -0.2) is 0 Å². The Balaban J connectivity index is 1.83. The van der Waals surface area contributed by atoms with Gasteiger partial charge in [-0.1, -0.05) is 70.4 Å². The van der Waals surface area contributed by atoms with Gasteiger partial charge in [-0.05, 0) is 78.9 Å². The van der Waals surface area contributed by atoms with Gasteiger partial charge in [0.2, 0.25) is 0 Å². The summed E-state index contributed by atoms with van der Waals surface area (Å²) in [6.07, 6.45) is 16.4. The maximum atomic E-state index is 12.7. The first-order chi connectivity index (χ1) is 13.9. The molecule has 3 nitrogen and oxygen atoms in total. The molecule has 3 aliphatic rings. The van der Waals surface area contributed by atoms with E-state index >= 15 is 0 Å². The minimum atomic E-state index is -4.22. The van der Waals surface area contributed by atoms with Gasteiger partial charge in [0.05, 0.1) is 0 Å². The van der Waals surface area contributed by atoms with Gasteiger partial charge in [-0.2, -0.15) is 8.42 Å². The van der Waals surface area contributed by atoms with E-state index in [0.29, 0.717) is 10.8 Å². The third-order valence-electron chi connectivity index (χ3n) is 8.00. The summed E-state index contributed by atoms with van der Waals surface area (Å²) in [5.41, 5.74) is 3.25. The largest absolute Gasteiger partial charge is 0.295 e. The molecule has 0 spiro atoms. The zero-order chi connectivity index (χ0) is 20.4. The standard InChI is InChI=1S/C25H38O3S/c1-18-12-14-21(15-13-18)24-17-22(19-8-4-2-5-9-19)16-23(25(24)29(26,27)28)20-10-6-3-7-11-20/h16-21H,2-15H2,1H3,(H,26,27,28). The van der Waals surface area contributed by atoms with Gasteiger partial charge >= 0.3 is 0 Å². The lowest BCUT2D eigenvalue weighted by molar-refractivity contribution is 0.343. The van der Waals surface area contributed by atoms with Gasteiger partial charge in [0, 0.05) is 0 Å². The minimum absolute atomic E-state index is 0.272. The predicted molar refractivity (Wildman–Crippen MR) is 118 cm³/mol. The fraction of sp³-hybridized carbons (Fsp3) is 0.760. The molecule has 4 rings (SSSR count). The van der Waals surface area contributed by atoms with E-state index in [4.69, 9.17) is 0 Å². The van der Waals surface area contributed by atoms with Crippen LogP contribution in [0.25, 0.3) is 0 Å². The maximum absolute atomic E-state index is 12.7. The van der Waals surface area contributed by atoms with E-state index in [1.807, 2.05) is 0 Å². The average molecular weight is 419 g/mol. The molecule has 4 heteroatoms. The summed E-state index contributed by atoms with van der Waals surface area (Å²) < 4.78 is 35.7. The monoisotopic (exact) mass is 418 g/mol. The Labute approximate surface area is 177 Å². The highest BCUT2D eigenvalue weighted by atomic mass is 32.2. The van der Waals surface area contributed by atoms with Crippen LogP contribution in [0.1, 0.15) is 131 Å². The fourth-order valence-corrected chi connectivity index (χ4v) is 7.31. The highest BCUT2D eigenvalue weighted by molar-refractivity contribution is 7.86.